The number of hydrogen-bond donors (Lipinski definition) is 1. The first kappa shape index (κ1) is 6.43. The number of rotatable bonds is 1. The summed E-state index contributed by atoms with van der Waals surface area (Å²) >= 11 is 0. The summed E-state index contributed by atoms with van der Waals surface area (Å²) in [6.07, 6.45) is 1.03. The predicted octanol–water partition coefficient (Wildman–Crippen LogP) is -1.58. The van der Waals surface area contributed by atoms with Crippen LogP contribution in [0, 0.1) is 0 Å². The van der Waals surface area contributed by atoms with Gasteiger partial charge in [-0.05, 0) is 10.3 Å². The van der Waals surface area contributed by atoms with Crippen molar-refractivity contribution in [3.8, 4) is 0 Å². The number of aromatic amines is 1. The molecule has 6 nitrogen and oxygen atoms in total. The molecule has 0 aliphatic rings. The largest absolute Gasteiger partial charge is 0.433 e. The van der Waals surface area contributed by atoms with Crippen LogP contribution in [-0.2, 0) is 9.24 Å². The number of nitrogens with zero attached hydrogens (tertiary/aromatic N) is 3. The normalized spacial score (nSPS) is 11.7. The number of tetrazole rings is 1. The van der Waals surface area contributed by atoms with E-state index >= 15 is 0 Å². The van der Waals surface area contributed by atoms with Crippen molar-refractivity contribution in [2.24, 2.45) is 0 Å². The minimum absolute atomic E-state index is 0.439. The molecule has 1 aromatic heterocycles. The van der Waals surface area contributed by atoms with Gasteiger partial charge in [0.1, 0.15) is 0 Å². The number of hydrogen-bond acceptors (Lipinski definition) is 4. The van der Waals surface area contributed by atoms with Gasteiger partial charge in [-0.1, -0.05) is 0 Å². The molecule has 0 aliphatic carbocycles. The molecule has 50 valence electrons. The van der Waals surface area contributed by atoms with E-state index in [1.165, 1.54) is 0 Å². The van der Waals surface area contributed by atoms with Crippen molar-refractivity contribution in [2.75, 3.05) is 0 Å². The molecule has 1 N–H and O–H groups in total. The molecule has 9 heavy (non-hydrogen) atoms. The molecular weight excluding hydrogens is 168 g/mol. The summed E-state index contributed by atoms with van der Waals surface area (Å²) in [4.78, 5) is 0. The average Bonchev–Trinajstić information content (AvgIpc) is 2.08. The Kier molecular flexibility index (Phi) is 1.37. The second kappa shape index (κ2) is 1.92. The summed E-state index contributed by atoms with van der Waals surface area (Å²) in [6, 6.07) is 0. The van der Waals surface area contributed by atoms with Gasteiger partial charge >= 0.3 is 9.24 Å². The van der Waals surface area contributed by atoms with E-state index in [9.17, 15) is 8.42 Å². The van der Waals surface area contributed by atoms with Gasteiger partial charge in [-0.25, -0.2) is 0 Å². The highest BCUT2D eigenvalue weighted by molar-refractivity contribution is 8.08. The van der Waals surface area contributed by atoms with Crippen molar-refractivity contribution in [3.63, 3.8) is 0 Å². The zero-order chi connectivity index (χ0) is 6.91. The van der Waals surface area contributed by atoms with Crippen LogP contribution in [0.4, 0.5) is 0 Å². The van der Waals surface area contributed by atoms with E-state index in [-0.39, 0.29) is 0 Å². The van der Waals surface area contributed by atoms with E-state index < -0.39 is 9.24 Å². The molecule has 8 heteroatoms. The van der Waals surface area contributed by atoms with Crippen LogP contribution in [0.2, 0.25) is 0 Å². The average molecular weight is 170 g/mol. The summed E-state index contributed by atoms with van der Waals surface area (Å²) in [5.74, 6) is 0. The fourth-order valence-corrected chi connectivity index (χ4v) is 0.778. The van der Waals surface area contributed by atoms with Gasteiger partial charge in [-0.3, -0.25) is 0 Å². The lowest BCUT2D eigenvalue weighted by Gasteiger charge is -1.77. The maximum Gasteiger partial charge on any atom is 0.433 e. The van der Waals surface area contributed by atoms with E-state index in [1.807, 2.05) is 5.21 Å². The molecule has 0 unspecified atom stereocenters. The van der Waals surface area contributed by atoms with Crippen LogP contribution >= 0.6 is 10.7 Å². The third kappa shape index (κ3) is 1.36. The van der Waals surface area contributed by atoms with Crippen LogP contribution in [0.25, 0.3) is 0 Å². The summed E-state index contributed by atoms with van der Waals surface area (Å²) in [5.41, 5.74) is 0. The Morgan fingerprint density at radius 3 is 2.56 bits per heavy atom. The molecule has 0 fully saturated rings. The third-order valence-electron chi connectivity index (χ3n) is 0.564. The second-order valence-electron chi connectivity index (χ2n) is 1.15. The highest BCUT2D eigenvalue weighted by Gasteiger charge is 2.16. The van der Waals surface area contributed by atoms with E-state index in [2.05, 4.69) is 10.2 Å². The Morgan fingerprint density at radius 1 is 1.67 bits per heavy atom. The molecule has 1 heterocycles. The van der Waals surface area contributed by atoms with Crippen molar-refractivity contribution >= 4 is 19.9 Å². The summed E-state index contributed by atoms with van der Waals surface area (Å²) in [7, 11) is 1.00. The van der Waals surface area contributed by atoms with E-state index in [1.54, 1.807) is 0 Å². The minimum Gasteiger partial charge on any atom is -0.164 e. The number of H-pyrrole nitrogens is 1. The highest BCUT2D eigenvalue weighted by Crippen LogP contribution is 1.83. The van der Waals surface area contributed by atoms with Crippen molar-refractivity contribution in [1.29, 1.82) is 0 Å². The Hall–Kier alpha value is -0.690. The fraction of sp³-hybridized carbons (Fsp3) is 0. The van der Waals surface area contributed by atoms with E-state index in [4.69, 9.17) is 10.7 Å². The van der Waals surface area contributed by atoms with E-state index in [0.717, 1.165) is 6.33 Å². The summed E-state index contributed by atoms with van der Waals surface area (Å²) in [6.45, 7) is 0. The monoisotopic (exact) mass is 169 g/mol. The smallest absolute Gasteiger partial charge is 0.164 e. The molecule has 0 aliphatic heterocycles. The van der Waals surface area contributed by atoms with Gasteiger partial charge < -0.3 is 0 Å². The molecule has 1 aromatic rings. The number of halogens is 1. The maximum atomic E-state index is 10.3. The first-order valence-electron chi connectivity index (χ1n) is 1.83. The topological polar surface area (TPSA) is 79.6 Å². The minimum atomic E-state index is -3.80. The van der Waals surface area contributed by atoms with Gasteiger partial charge in [-0.2, -0.15) is 8.42 Å². The molecule has 0 saturated heterocycles. The first-order valence-corrected chi connectivity index (χ1v) is 4.10. The number of nitrogens with one attached hydrogen (secondary N) is 1. The van der Waals surface area contributed by atoms with E-state index in [0.29, 0.717) is 4.20 Å². The van der Waals surface area contributed by atoms with Gasteiger partial charge in [0.25, 0.3) is 6.33 Å². The maximum absolute atomic E-state index is 10.3. The predicted molar refractivity (Wildman–Crippen MR) is 26.7 cm³/mol. The summed E-state index contributed by atoms with van der Waals surface area (Å²) in [5, 5.41) is 8.48. The Morgan fingerprint density at radius 2 is 2.33 bits per heavy atom. The lowest BCUT2D eigenvalue weighted by molar-refractivity contribution is -0.638. The molecular formula is CH2ClN4O2S+. The molecule has 0 aromatic carbocycles. The fourth-order valence-electron chi connectivity index (χ4n) is 0.279. The van der Waals surface area contributed by atoms with Gasteiger partial charge in [0, 0.05) is 0 Å². The van der Waals surface area contributed by atoms with Crippen LogP contribution in [0.5, 0.6) is 0 Å². The standard InChI is InChI=1S/CHClN4O2S/c2-9(7,8)6-4-1-3-5-6/h1H/p+1. The SMILES string of the molecule is O=S(=O)(Cl)[n+]1ncn[nH]1. The van der Waals surface area contributed by atoms with Crippen molar-refractivity contribution in [3.05, 3.63) is 6.33 Å². The van der Waals surface area contributed by atoms with Crippen LogP contribution in [-0.4, -0.2) is 23.8 Å². The van der Waals surface area contributed by atoms with Crippen LogP contribution < -0.4 is 4.20 Å². The molecule has 0 amide bonds. The Balaban J connectivity index is 3.20. The molecule has 0 bridgehead atoms. The third-order valence-corrected chi connectivity index (χ3v) is 1.55. The number of aromatic nitrogens is 4. The zero-order valence-electron chi connectivity index (χ0n) is 4.02. The Labute approximate surface area is 55.0 Å². The zero-order valence-corrected chi connectivity index (χ0v) is 5.59. The van der Waals surface area contributed by atoms with Gasteiger partial charge in [0.05, 0.1) is 20.0 Å². The van der Waals surface area contributed by atoms with Gasteiger partial charge in [0.2, 0.25) is 0 Å². The second-order valence-corrected chi connectivity index (χ2v) is 3.49. The summed E-state index contributed by atoms with van der Waals surface area (Å²) < 4.78 is 21.0. The van der Waals surface area contributed by atoms with Gasteiger partial charge in [-0.15, -0.1) is 0 Å². The highest BCUT2D eigenvalue weighted by atomic mass is 35.7. The lowest BCUT2D eigenvalue weighted by atomic mass is 11.4. The molecule has 0 radical (unpaired) electrons. The molecule has 0 spiro atoms. The quantitative estimate of drug-likeness (QED) is 0.407. The Bertz CT molecular complexity index is 276. The van der Waals surface area contributed by atoms with Crippen LogP contribution in [0.3, 0.4) is 0 Å². The van der Waals surface area contributed by atoms with Crippen LogP contribution in [0.15, 0.2) is 6.33 Å². The molecule has 0 saturated carbocycles. The van der Waals surface area contributed by atoms with Crippen molar-refractivity contribution in [1.82, 2.24) is 15.4 Å². The van der Waals surface area contributed by atoms with Crippen molar-refractivity contribution < 1.29 is 12.6 Å². The lowest BCUT2D eigenvalue weighted by Crippen LogP contribution is -2.43. The van der Waals surface area contributed by atoms with Crippen molar-refractivity contribution in [2.45, 2.75) is 0 Å². The molecule has 0 atom stereocenters. The van der Waals surface area contributed by atoms with Gasteiger partial charge in [0.15, 0.2) is 0 Å². The molecule has 1 rings (SSSR count). The van der Waals surface area contributed by atoms with Crippen LogP contribution in [0.1, 0.15) is 0 Å². The first-order chi connectivity index (χ1) is 4.11.